The quantitative estimate of drug-likeness (QED) is 0.722. The Morgan fingerprint density at radius 1 is 1.21 bits per heavy atom. The van der Waals surface area contributed by atoms with Gasteiger partial charge >= 0.3 is 0 Å². The molecule has 5 heteroatoms. The van der Waals surface area contributed by atoms with E-state index >= 15 is 0 Å². The SMILES string of the molecule is CC(C)CCN1C(=O)[C@@]2(NCCc3c2[nH]c2ccc(F)cc32)c2ccccc21. The molecule has 2 aliphatic rings. The number of anilines is 1. The fourth-order valence-corrected chi connectivity index (χ4v) is 4.74. The van der Waals surface area contributed by atoms with Crippen molar-refractivity contribution in [3.63, 3.8) is 0 Å². The lowest BCUT2D eigenvalue weighted by Gasteiger charge is -2.34. The summed E-state index contributed by atoms with van der Waals surface area (Å²) in [7, 11) is 0. The Morgan fingerprint density at radius 2 is 2.04 bits per heavy atom. The van der Waals surface area contributed by atoms with Crippen LogP contribution in [0.4, 0.5) is 10.1 Å². The van der Waals surface area contributed by atoms with E-state index < -0.39 is 5.54 Å². The van der Waals surface area contributed by atoms with Crippen molar-refractivity contribution < 1.29 is 9.18 Å². The van der Waals surface area contributed by atoms with Gasteiger partial charge in [0.1, 0.15) is 5.82 Å². The van der Waals surface area contributed by atoms with E-state index in [1.807, 2.05) is 29.2 Å². The first-order chi connectivity index (χ1) is 13.5. The molecular formula is C23H24FN3O. The van der Waals surface area contributed by atoms with Crippen LogP contribution in [-0.2, 0) is 16.8 Å². The number of carbonyl (C=O) groups excluding carboxylic acids is 1. The van der Waals surface area contributed by atoms with Gasteiger partial charge in [0.15, 0.2) is 5.54 Å². The van der Waals surface area contributed by atoms with Crippen molar-refractivity contribution in [1.29, 1.82) is 0 Å². The topological polar surface area (TPSA) is 48.1 Å². The van der Waals surface area contributed by atoms with Gasteiger partial charge in [0.25, 0.3) is 5.91 Å². The molecule has 1 amide bonds. The first-order valence-electron chi connectivity index (χ1n) is 9.99. The number of nitrogens with zero attached hydrogens (tertiary/aromatic N) is 1. The maximum absolute atomic E-state index is 13.9. The first-order valence-corrected chi connectivity index (χ1v) is 9.99. The van der Waals surface area contributed by atoms with Crippen LogP contribution in [0, 0.1) is 11.7 Å². The van der Waals surface area contributed by atoms with Gasteiger partial charge in [0, 0.05) is 35.2 Å². The molecule has 0 saturated heterocycles. The molecule has 0 unspecified atom stereocenters. The summed E-state index contributed by atoms with van der Waals surface area (Å²) >= 11 is 0. The summed E-state index contributed by atoms with van der Waals surface area (Å²) in [5.74, 6) is 0.323. The molecular weight excluding hydrogens is 353 g/mol. The second-order valence-corrected chi connectivity index (χ2v) is 8.25. The Hall–Kier alpha value is -2.66. The van der Waals surface area contributed by atoms with E-state index in [-0.39, 0.29) is 11.7 Å². The van der Waals surface area contributed by atoms with Gasteiger partial charge < -0.3 is 9.88 Å². The van der Waals surface area contributed by atoms with Gasteiger partial charge in [-0.1, -0.05) is 32.0 Å². The molecule has 0 bridgehead atoms. The number of H-pyrrole nitrogens is 1. The molecule has 1 spiro atoms. The van der Waals surface area contributed by atoms with Crippen molar-refractivity contribution in [2.75, 3.05) is 18.0 Å². The summed E-state index contributed by atoms with van der Waals surface area (Å²) < 4.78 is 13.9. The van der Waals surface area contributed by atoms with E-state index in [9.17, 15) is 9.18 Å². The standard InChI is InChI=1S/C23H24FN3O/c1-14(2)10-12-27-20-6-4-3-5-18(20)23(22(27)28)21-16(9-11-25-23)17-13-15(24)7-8-19(17)26-21/h3-8,13-14,25-26H,9-12H2,1-2H3/t23-/m1/s1. The van der Waals surface area contributed by atoms with E-state index in [1.165, 1.54) is 6.07 Å². The molecule has 1 aromatic heterocycles. The molecule has 1 atom stereocenters. The first kappa shape index (κ1) is 17.4. The minimum Gasteiger partial charge on any atom is -0.356 e. The zero-order valence-corrected chi connectivity index (χ0v) is 16.2. The lowest BCUT2D eigenvalue weighted by atomic mass is 9.82. The highest BCUT2D eigenvalue weighted by Crippen LogP contribution is 2.47. The molecule has 2 N–H and O–H groups in total. The normalized spacial score (nSPS) is 21.0. The van der Waals surface area contributed by atoms with E-state index in [0.717, 1.165) is 46.3 Å². The predicted octanol–water partition coefficient (Wildman–Crippen LogP) is 4.09. The van der Waals surface area contributed by atoms with Gasteiger partial charge in [-0.05, 0) is 48.6 Å². The summed E-state index contributed by atoms with van der Waals surface area (Å²) in [6.07, 6.45) is 1.71. The van der Waals surface area contributed by atoms with Crippen LogP contribution < -0.4 is 10.2 Å². The van der Waals surface area contributed by atoms with Crippen LogP contribution in [0.2, 0.25) is 0 Å². The number of aromatic amines is 1. The Bertz CT molecular complexity index is 1090. The number of aromatic nitrogens is 1. The maximum Gasteiger partial charge on any atom is 0.258 e. The maximum atomic E-state index is 13.9. The summed E-state index contributed by atoms with van der Waals surface area (Å²) in [4.78, 5) is 19.2. The summed E-state index contributed by atoms with van der Waals surface area (Å²) in [5.41, 5.74) is 3.82. The van der Waals surface area contributed by atoms with E-state index in [2.05, 4.69) is 24.1 Å². The Labute approximate surface area is 163 Å². The van der Waals surface area contributed by atoms with Crippen molar-refractivity contribution in [2.24, 2.45) is 5.92 Å². The molecule has 28 heavy (non-hydrogen) atoms. The van der Waals surface area contributed by atoms with Crippen molar-refractivity contribution in [2.45, 2.75) is 32.2 Å². The van der Waals surface area contributed by atoms with E-state index in [4.69, 9.17) is 0 Å². The summed E-state index contributed by atoms with van der Waals surface area (Å²) in [6.45, 7) is 5.71. The van der Waals surface area contributed by atoms with Crippen molar-refractivity contribution >= 4 is 22.5 Å². The molecule has 3 aromatic rings. The molecule has 3 heterocycles. The van der Waals surface area contributed by atoms with Crippen LogP contribution >= 0.6 is 0 Å². The number of nitrogens with one attached hydrogen (secondary N) is 2. The molecule has 144 valence electrons. The molecule has 2 aliphatic heterocycles. The molecule has 5 rings (SSSR count). The molecule has 0 fully saturated rings. The van der Waals surface area contributed by atoms with Crippen LogP contribution in [0.15, 0.2) is 42.5 Å². The van der Waals surface area contributed by atoms with Gasteiger partial charge in [0.2, 0.25) is 0 Å². The minimum atomic E-state index is -0.920. The average Bonchev–Trinajstić information content (AvgIpc) is 3.16. The smallest absolute Gasteiger partial charge is 0.258 e. The molecule has 0 saturated carbocycles. The third-order valence-corrected chi connectivity index (χ3v) is 6.10. The number of halogens is 1. The largest absolute Gasteiger partial charge is 0.356 e. The minimum absolute atomic E-state index is 0.0577. The number of benzene rings is 2. The second-order valence-electron chi connectivity index (χ2n) is 8.25. The molecule has 4 nitrogen and oxygen atoms in total. The Kier molecular flexibility index (Phi) is 3.85. The highest BCUT2D eigenvalue weighted by molar-refractivity contribution is 6.11. The zero-order chi connectivity index (χ0) is 19.5. The fraction of sp³-hybridized carbons (Fsp3) is 0.348. The second kappa shape index (κ2) is 6.17. The summed E-state index contributed by atoms with van der Waals surface area (Å²) in [6, 6.07) is 12.8. The third kappa shape index (κ3) is 2.29. The van der Waals surface area contributed by atoms with Gasteiger partial charge in [-0.25, -0.2) is 4.39 Å². The van der Waals surface area contributed by atoms with Crippen LogP contribution in [0.1, 0.15) is 37.1 Å². The van der Waals surface area contributed by atoms with Gasteiger partial charge in [0.05, 0.1) is 5.69 Å². The zero-order valence-electron chi connectivity index (χ0n) is 16.2. The number of rotatable bonds is 3. The molecule has 2 aromatic carbocycles. The third-order valence-electron chi connectivity index (χ3n) is 6.10. The average molecular weight is 377 g/mol. The van der Waals surface area contributed by atoms with E-state index in [1.54, 1.807) is 12.1 Å². The number of para-hydroxylation sites is 1. The van der Waals surface area contributed by atoms with Crippen molar-refractivity contribution in [3.8, 4) is 0 Å². The van der Waals surface area contributed by atoms with Gasteiger partial charge in [-0.2, -0.15) is 0 Å². The van der Waals surface area contributed by atoms with E-state index in [0.29, 0.717) is 19.0 Å². The molecule has 0 radical (unpaired) electrons. The van der Waals surface area contributed by atoms with Gasteiger partial charge in [-0.3, -0.25) is 10.1 Å². The Morgan fingerprint density at radius 3 is 2.86 bits per heavy atom. The number of carbonyl (C=O) groups is 1. The monoisotopic (exact) mass is 377 g/mol. The molecule has 0 aliphatic carbocycles. The predicted molar refractivity (Wildman–Crippen MR) is 109 cm³/mol. The van der Waals surface area contributed by atoms with Crippen LogP contribution in [0.3, 0.4) is 0 Å². The van der Waals surface area contributed by atoms with Crippen LogP contribution in [0.5, 0.6) is 0 Å². The van der Waals surface area contributed by atoms with Crippen molar-refractivity contribution in [1.82, 2.24) is 10.3 Å². The number of amides is 1. The van der Waals surface area contributed by atoms with Crippen LogP contribution in [0.25, 0.3) is 10.9 Å². The number of fused-ring (bicyclic) bond motifs is 6. The highest BCUT2D eigenvalue weighted by atomic mass is 19.1. The lowest BCUT2D eigenvalue weighted by Crippen LogP contribution is -2.55. The fourth-order valence-electron chi connectivity index (χ4n) is 4.74. The van der Waals surface area contributed by atoms with Crippen molar-refractivity contribution in [3.05, 3.63) is 65.1 Å². The highest BCUT2D eigenvalue weighted by Gasteiger charge is 2.55. The lowest BCUT2D eigenvalue weighted by molar-refractivity contribution is -0.123. The summed E-state index contributed by atoms with van der Waals surface area (Å²) in [5, 5.41) is 4.41. The van der Waals surface area contributed by atoms with Crippen LogP contribution in [-0.4, -0.2) is 24.0 Å². The Balaban J connectivity index is 1.73. The number of hydrogen-bond donors (Lipinski definition) is 2. The van der Waals surface area contributed by atoms with Gasteiger partial charge in [-0.15, -0.1) is 0 Å². The number of hydrogen-bond acceptors (Lipinski definition) is 2.